The highest BCUT2D eigenvalue weighted by Crippen LogP contribution is 2.28. The van der Waals surface area contributed by atoms with Crippen LogP contribution in [0.3, 0.4) is 0 Å². The molecule has 1 unspecified atom stereocenters. The van der Waals surface area contributed by atoms with Crippen molar-refractivity contribution < 1.29 is 19.3 Å². The van der Waals surface area contributed by atoms with E-state index in [1.54, 1.807) is 14.2 Å². The van der Waals surface area contributed by atoms with Gasteiger partial charge in [-0.15, -0.1) is 0 Å². The summed E-state index contributed by atoms with van der Waals surface area (Å²) >= 11 is 0. The molecule has 1 aromatic carbocycles. The zero-order valence-corrected chi connectivity index (χ0v) is 16.2. The minimum absolute atomic E-state index is 0.234. The molecule has 0 aromatic heterocycles. The largest absolute Gasteiger partial charge is 0.493 e. The monoisotopic (exact) mass is 354 g/mol. The molecule has 1 rings (SSSR count). The number of likely N-dealkylation sites (N-methyl/N-ethyl adjacent to an activating group) is 1. The van der Waals surface area contributed by atoms with Crippen molar-refractivity contribution in [3.63, 3.8) is 0 Å². The van der Waals surface area contributed by atoms with E-state index in [0.717, 1.165) is 31.7 Å². The highest BCUT2D eigenvalue weighted by atomic mass is 16.5. The quantitative estimate of drug-likeness (QED) is 0.528. The summed E-state index contributed by atoms with van der Waals surface area (Å²) in [5.41, 5.74) is 1.11. The van der Waals surface area contributed by atoms with Crippen LogP contribution >= 0.6 is 0 Å². The number of hydrogen-bond acceptors (Lipinski definition) is 6. The Morgan fingerprint density at radius 1 is 1.20 bits per heavy atom. The number of rotatable bonds is 13. The summed E-state index contributed by atoms with van der Waals surface area (Å²) in [4.78, 5) is 2.09. The summed E-state index contributed by atoms with van der Waals surface area (Å²) in [6.07, 6.45) is 0.430. The van der Waals surface area contributed by atoms with E-state index in [1.165, 1.54) is 0 Å². The molecule has 0 aliphatic rings. The summed E-state index contributed by atoms with van der Waals surface area (Å²) in [6, 6.07) is 6.25. The van der Waals surface area contributed by atoms with E-state index in [1.807, 2.05) is 25.2 Å². The van der Waals surface area contributed by atoms with Gasteiger partial charge in [-0.1, -0.05) is 6.07 Å². The molecule has 0 bridgehead atoms. The molecule has 0 radical (unpaired) electrons. The van der Waals surface area contributed by atoms with E-state index in [9.17, 15) is 5.11 Å². The summed E-state index contributed by atoms with van der Waals surface area (Å²) in [5, 5.41) is 13.5. The van der Waals surface area contributed by atoms with Crippen LogP contribution in [0.4, 0.5) is 0 Å². The van der Waals surface area contributed by atoms with E-state index in [2.05, 4.69) is 24.1 Å². The number of hydrogen-bond donors (Lipinski definition) is 2. The van der Waals surface area contributed by atoms with Crippen molar-refractivity contribution in [1.82, 2.24) is 10.2 Å². The molecular weight excluding hydrogens is 320 g/mol. The third kappa shape index (κ3) is 8.54. The number of ether oxygens (including phenoxy) is 3. The number of methoxy groups -OCH3 is 2. The van der Waals surface area contributed by atoms with Gasteiger partial charge in [-0.2, -0.15) is 0 Å². The fraction of sp³-hybridized carbons (Fsp3) is 0.684. The maximum absolute atomic E-state index is 10.2. The SMILES string of the molecule is COCCCNCc1ccc(OC)c(OCC(O)CN(C)C(C)C)c1. The maximum Gasteiger partial charge on any atom is 0.161 e. The number of aliphatic hydroxyl groups excluding tert-OH is 1. The van der Waals surface area contributed by atoms with Gasteiger partial charge in [0.1, 0.15) is 12.7 Å². The van der Waals surface area contributed by atoms with Crippen molar-refractivity contribution >= 4 is 0 Å². The summed E-state index contributed by atoms with van der Waals surface area (Å²) < 4.78 is 16.2. The first kappa shape index (κ1) is 21.7. The zero-order valence-electron chi connectivity index (χ0n) is 16.2. The van der Waals surface area contributed by atoms with Gasteiger partial charge in [0.2, 0.25) is 0 Å². The zero-order chi connectivity index (χ0) is 18.7. The highest BCUT2D eigenvalue weighted by Gasteiger charge is 2.13. The molecule has 1 atom stereocenters. The lowest BCUT2D eigenvalue weighted by atomic mass is 10.2. The van der Waals surface area contributed by atoms with E-state index < -0.39 is 6.10 Å². The van der Waals surface area contributed by atoms with Crippen LogP contribution in [0.1, 0.15) is 25.8 Å². The van der Waals surface area contributed by atoms with E-state index >= 15 is 0 Å². The fourth-order valence-electron chi connectivity index (χ4n) is 2.30. The van der Waals surface area contributed by atoms with Crippen molar-refractivity contribution in [2.75, 3.05) is 47.6 Å². The maximum atomic E-state index is 10.2. The van der Waals surface area contributed by atoms with Crippen LogP contribution in [0.2, 0.25) is 0 Å². The van der Waals surface area contributed by atoms with Gasteiger partial charge in [-0.05, 0) is 51.6 Å². The lowest BCUT2D eigenvalue weighted by molar-refractivity contribution is 0.0668. The second-order valence-electron chi connectivity index (χ2n) is 6.51. The molecule has 0 saturated carbocycles. The molecule has 0 heterocycles. The number of aliphatic hydroxyl groups is 1. The third-order valence-corrected chi connectivity index (χ3v) is 4.07. The van der Waals surface area contributed by atoms with Crippen LogP contribution in [0.15, 0.2) is 18.2 Å². The predicted molar refractivity (Wildman–Crippen MR) is 100 cm³/mol. The van der Waals surface area contributed by atoms with Crippen molar-refractivity contribution in [3.8, 4) is 11.5 Å². The van der Waals surface area contributed by atoms with Gasteiger partial charge in [0.25, 0.3) is 0 Å². The average molecular weight is 354 g/mol. The Morgan fingerprint density at radius 3 is 2.60 bits per heavy atom. The van der Waals surface area contributed by atoms with Crippen LogP contribution < -0.4 is 14.8 Å². The van der Waals surface area contributed by atoms with Crippen molar-refractivity contribution in [1.29, 1.82) is 0 Å². The average Bonchev–Trinajstić information content (AvgIpc) is 2.59. The van der Waals surface area contributed by atoms with E-state index in [-0.39, 0.29) is 6.61 Å². The molecule has 1 aromatic rings. The lowest BCUT2D eigenvalue weighted by Crippen LogP contribution is -2.37. The summed E-state index contributed by atoms with van der Waals surface area (Å²) in [7, 11) is 5.32. The highest BCUT2D eigenvalue weighted by molar-refractivity contribution is 5.43. The van der Waals surface area contributed by atoms with Crippen LogP contribution in [-0.4, -0.2) is 69.7 Å². The van der Waals surface area contributed by atoms with Gasteiger partial charge >= 0.3 is 0 Å². The van der Waals surface area contributed by atoms with Gasteiger partial charge in [0, 0.05) is 32.8 Å². The first-order valence-corrected chi connectivity index (χ1v) is 8.85. The molecule has 25 heavy (non-hydrogen) atoms. The molecule has 0 spiro atoms. The van der Waals surface area contributed by atoms with Crippen LogP contribution in [0.5, 0.6) is 11.5 Å². The first-order chi connectivity index (χ1) is 12.0. The van der Waals surface area contributed by atoms with E-state index in [4.69, 9.17) is 14.2 Å². The minimum atomic E-state index is -0.548. The molecule has 2 N–H and O–H groups in total. The van der Waals surface area contributed by atoms with Gasteiger partial charge in [-0.25, -0.2) is 0 Å². The number of benzene rings is 1. The molecule has 0 fully saturated rings. The molecule has 0 aliphatic carbocycles. The van der Waals surface area contributed by atoms with E-state index in [0.29, 0.717) is 24.1 Å². The number of nitrogens with one attached hydrogen (secondary N) is 1. The Morgan fingerprint density at radius 2 is 1.96 bits per heavy atom. The van der Waals surface area contributed by atoms with Gasteiger partial charge in [-0.3, -0.25) is 0 Å². The predicted octanol–water partition coefficient (Wildman–Crippen LogP) is 1.90. The van der Waals surface area contributed by atoms with Gasteiger partial charge < -0.3 is 29.5 Å². The van der Waals surface area contributed by atoms with Crippen LogP contribution in [-0.2, 0) is 11.3 Å². The molecule has 144 valence electrons. The summed E-state index contributed by atoms with van der Waals surface area (Å²) in [6.45, 7) is 7.41. The van der Waals surface area contributed by atoms with Crippen molar-refractivity contribution in [2.24, 2.45) is 0 Å². The Labute approximate surface area is 152 Å². The second-order valence-corrected chi connectivity index (χ2v) is 6.51. The van der Waals surface area contributed by atoms with Crippen LogP contribution in [0, 0.1) is 0 Å². The Bertz CT molecular complexity index is 482. The second kappa shape index (κ2) is 12.1. The number of nitrogens with zero attached hydrogens (tertiary/aromatic N) is 1. The molecule has 6 nitrogen and oxygen atoms in total. The fourth-order valence-corrected chi connectivity index (χ4v) is 2.30. The van der Waals surface area contributed by atoms with Gasteiger partial charge in [0.15, 0.2) is 11.5 Å². The smallest absolute Gasteiger partial charge is 0.161 e. The van der Waals surface area contributed by atoms with Crippen molar-refractivity contribution in [3.05, 3.63) is 23.8 Å². The van der Waals surface area contributed by atoms with Crippen molar-refractivity contribution in [2.45, 2.75) is 39.0 Å². The summed E-state index contributed by atoms with van der Waals surface area (Å²) in [5.74, 6) is 1.33. The standard InChI is InChI=1S/C19H34N2O4/c1-15(2)21(3)13-17(22)14-25-19-11-16(7-8-18(19)24-5)12-20-9-6-10-23-4/h7-8,11,15,17,20,22H,6,9-10,12-14H2,1-5H3. The van der Waals surface area contributed by atoms with Gasteiger partial charge in [0.05, 0.1) is 7.11 Å². The third-order valence-electron chi connectivity index (χ3n) is 4.07. The topological polar surface area (TPSA) is 63.2 Å². The molecule has 0 aliphatic heterocycles. The molecular formula is C19H34N2O4. The lowest BCUT2D eigenvalue weighted by Gasteiger charge is -2.24. The first-order valence-electron chi connectivity index (χ1n) is 8.85. The Hall–Kier alpha value is -1.34. The molecule has 6 heteroatoms. The minimum Gasteiger partial charge on any atom is -0.493 e. The molecule has 0 saturated heterocycles. The Kier molecular flexibility index (Phi) is 10.5. The molecule has 0 amide bonds. The van der Waals surface area contributed by atoms with Crippen LogP contribution in [0.25, 0.3) is 0 Å². The normalized spacial score (nSPS) is 12.6. The Balaban J connectivity index is 2.54.